The molecule has 4 aromatic rings. The molecule has 0 N–H and O–H groups in total. The van der Waals surface area contributed by atoms with Gasteiger partial charge in [0.05, 0.1) is 4.48 Å². The van der Waals surface area contributed by atoms with Crippen molar-refractivity contribution in [3.8, 4) is 0 Å². The Balaban J connectivity index is 2.10. The van der Waals surface area contributed by atoms with Crippen molar-refractivity contribution in [2.45, 2.75) is 10.5 Å². The number of alkyl halides is 2. The Labute approximate surface area is 250 Å². The molecule has 1 aliphatic carbocycles. The second-order valence-electron chi connectivity index (χ2n) is 9.20. The highest BCUT2D eigenvalue weighted by atomic mass is 79.9. The summed E-state index contributed by atoms with van der Waals surface area (Å²) in [6.07, 6.45) is 0. The molecule has 0 nitrogen and oxygen atoms in total. The summed E-state index contributed by atoms with van der Waals surface area (Å²) in [6, 6.07) is 7.58. The van der Waals surface area contributed by atoms with E-state index in [0.717, 1.165) is 24.3 Å². The Bertz CT molecular complexity index is 1790. The van der Waals surface area contributed by atoms with E-state index in [2.05, 4.69) is 15.9 Å². The number of benzene rings is 4. The number of hydrogen-bond donors (Lipinski definition) is 0. The summed E-state index contributed by atoms with van der Waals surface area (Å²) in [7, 11) is 0. The van der Waals surface area contributed by atoms with Crippen molar-refractivity contribution in [1.29, 1.82) is 0 Å². The maximum absolute atomic E-state index is 17.9. The molecule has 0 saturated carbocycles. The molecule has 0 spiro atoms. The largest absolute Gasteiger partial charge is 0.228 e. The average Bonchev–Trinajstić information content (AvgIpc) is 2.90. The molecule has 216 valence electrons. The number of rotatable bonds is 4. The zero-order chi connectivity index (χ0) is 30.7. The summed E-state index contributed by atoms with van der Waals surface area (Å²) in [6.45, 7) is 0. The van der Waals surface area contributed by atoms with E-state index >= 15 is 26.3 Å². The maximum atomic E-state index is 17.9. The van der Waals surface area contributed by atoms with Gasteiger partial charge in [0, 0.05) is 45.0 Å². The van der Waals surface area contributed by atoms with Crippen LogP contribution in [0.4, 0.5) is 39.5 Å². The molecule has 0 fully saturated rings. The highest BCUT2D eigenvalue weighted by molar-refractivity contribution is 9.12. The summed E-state index contributed by atoms with van der Waals surface area (Å²) < 4.78 is 138. The lowest BCUT2D eigenvalue weighted by Crippen LogP contribution is -2.51. The molecule has 0 heterocycles. The molecule has 0 bridgehead atoms. The van der Waals surface area contributed by atoms with Crippen LogP contribution in [-0.2, 0) is 5.41 Å². The SMILES string of the molecule is FC1=C(c2ccc(Cl)cc2F)C(c2ccc(F)cc2)(c2c(F)cc(F)cc2F)C(F)(Cl)C(c2cc(F)ccc2F)=C1Br. The summed E-state index contributed by atoms with van der Waals surface area (Å²) in [5, 5.41) is -4.14. The first-order valence-corrected chi connectivity index (χ1v) is 13.3. The van der Waals surface area contributed by atoms with Gasteiger partial charge in [0.2, 0.25) is 5.13 Å². The van der Waals surface area contributed by atoms with Gasteiger partial charge >= 0.3 is 0 Å². The molecule has 0 aliphatic heterocycles. The van der Waals surface area contributed by atoms with Gasteiger partial charge in [0.1, 0.15) is 52.0 Å². The molecular weight excluding hydrogens is 682 g/mol. The van der Waals surface area contributed by atoms with E-state index in [1.165, 1.54) is 0 Å². The van der Waals surface area contributed by atoms with Crippen LogP contribution < -0.4 is 0 Å². The summed E-state index contributed by atoms with van der Waals surface area (Å²) >= 11 is 15.2. The minimum Gasteiger partial charge on any atom is -0.219 e. The lowest BCUT2D eigenvalue weighted by Gasteiger charge is -2.48. The highest BCUT2D eigenvalue weighted by Crippen LogP contribution is 2.66. The van der Waals surface area contributed by atoms with Crippen molar-refractivity contribution < 1.29 is 39.5 Å². The molecule has 42 heavy (non-hydrogen) atoms. The topological polar surface area (TPSA) is 0 Å². The first kappa shape index (κ1) is 30.3. The van der Waals surface area contributed by atoms with Crippen LogP contribution in [0.2, 0.25) is 5.02 Å². The van der Waals surface area contributed by atoms with E-state index < -0.39 is 95.0 Å². The van der Waals surface area contributed by atoms with E-state index in [-0.39, 0.29) is 17.2 Å². The van der Waals surface area contributed by atoms with Crippen molar-refractivity contribution >= 4 is 50.3 Å². The van der Waals surface area contributed by atoms with Gasteiger partial charge in [-0.1, -0.05) is 41.4 Å². The van der Waals surface area contributed by atoms with Crippen LogP contribution in [-0.4, -0.2) is 5.13 Å². The average molecular weight is 694 g/mol. The van der Waals surface area contributed by atoms with Crippen LogP contribution in [0.5, 0.6) is 0 Å². The van der Waals surface area contributed by atoms with Crippen molar-refractivity contribution in [3.63, 3.8) is 0 Å². The standard InChI is InChI=1S/C30H12BrCl2F9/c31-27-24(19-10-16(35)6-8-20(19)37)30(33,42)29(13-1-4-15(34)5-2-13,26-22(39)11-17(36)12-23(26)40)25(28(27)41)18-7-3-14(32)9-21(18)38/h1-12H. The predicted molar refractivity (Wildman–Crippen MR) is 145 cm³/mol. The van der Waals surface area contributed by atoms with Crippen LogP contribution in [0, 0.1) is 40.7 Å². The third kappa shape index (κ3) is 4.55. The molecule has 0 aromatic heterocycles. The summed E-state index contributed by atoms with van der Waals surface area (Å²) in [5.41, 5.74) is -9.64. The Kier molecular flexibility index (Phi) is 7.79. The molecule has 1 aliphatic rings. The molecule has 0 radical (unpaired) electrons. The molecule has 5 rings (SSSR count). The van der Waals surface area contributed by atoms with Crippen molar-refractivity contribution in [2.24, 2.45) is 0 Å². The van der Waals surface area contributed by atoms with E-state index in [4.69, 9.17) is 23.2 Å². The van der Waals surface area contributed by atoms with Gasteiger partial charge in [-0.2, -0.15) is 0 Å². The normalized spacial score (nSPS) is 20.9. The summed E-state index contributed by atoms with van der Waals surface area (Å²) in [5.74, 6) is -11.4. The Hall–Kier alpha value is -3.21. The molecule has 2 atom stereocenters. The van der Waals surface area contributed by atoms with Gasteiger partial charge in [0.25, 0.3) is 0 Å². The number of halogens is 12. The molecule has 0 saturated heterocycles. The highest BCUT2D eigenvalue weighted by Gasteiger charge is 2.65. The second kappa shape index (κ2) is 10.8. The van der Waals surface area contributed by atoms with Gasteiger partial charge in [-0.3, -0.25) is 0 Å². The monoisotopic (exact) mass is 692 g/mol. The van der Waals surface area contributed by atoms with Crippen molar-refractivity contribution in [2.75, 3.05) is 0 Å². The number of allylic oxidation sites excluding steroid dienone is 4. The predicted octanol–water partition coefficient (Wildman–Crippen LogP) is 10.7. The Morgan fingerprint density at radius 2 is 1.17 bits per heavy atom. The number of hydrogen-bond acceptors (Lipinski definition) is 0. The fraction of sp³-hybridized carbons (Fsp3) is 0.0667. The maximum Gasteiger partial charge on any atom is 0.228 e. The van der Waals surface area contributed by atoms with Crippen molar-refractivity contribution in [3.05, 3.63) is 151 Å². The first-order valence-electron chi connectivity index (χ1n) is 11.7. The molecule has 4 aromatic carbocycles. The second-order valence-corrected chi connectivity index (χ2v) is 11.0. The zero-order valence-electron chi connectivity index (χ0n) is 20.5. The van der Waals surface area contributed by atoms with Crippen LogP contribution >= 0.6 is 39.1 Å². The van der Waals surface area contributed by atoms with Crippen molar-refractivity contribution in [1.82, 2.24) is 0 Å². The van der Waals surface area contributed by atoms with E-state index in [9.17, 15) is 13.2 Å². The van der Waals surface area contributed by atoms with Gasteiger partial charge in [-0.25, -0.2) is 39.5 Å². The fourth-order valence-corrected chi connectivity index (χ4v) is 6.66. The molecule has 12 heteroatoms. The van der Waals surface area contributed by atoms with E-state index in [1.54, 1.807) is 0 Å². The van der Waals surface area contributed by atoms with E-state index in [0.29, 0.717) is 36.4 Å². The minimum atomic E-state index is -3.94. The Morgan fingerprint density at radius 1 is 0.571 bits per heavy atom. The van der Waals surface area contributed by atoms with Crippen LogP contribution in [0.25, 0.3) is 11.1 Å². The zero-order valence-corrected chi connectivity index (χ0v) is 23.6. The van der Waals surface area contributed by atoms with Gasteiger partial charge < -0.3 is 0 Å². The minimum absolute atomic E-state index is 0.139. The van der Waals surface area contributed by atoms with Gasteiger partial charge in [-0.05, 0) is 64.0 Å². The smallest absolute Gasteiger partial charge is 0.219 e. The third-order valence-electron chi connectivity index (χ3n) is 6.85. The van der Waals surface area contributed by atoms with Gasteiger partial charge in [0.15, 0.2) is 0 Å². The van der Waals surface area contributed by atoms with Gasteiger partial charge in [-0.15, -0.1) is 0 Å². The lowest BCUT2D eigenvalue weighted by atomic mass is 9.59. The van der Waals surface area contributed by atoms with Crippen LogP contribution in [0.3, 0.4) is 0 Å². The lowest BCUT2D eigenvalue weighted by molar-refractivity contribution is 0.262. The third-order valence-corrected chi connectivity index (χ3v) is 8.30. The molecular formula is C30H12BrCl2F9. The van der Waals surface area contributed by atoms with Crippen LogP contribution in [0.15, 0.2) is 83.1 Å². The van der Waals surface area contributed by atoms with Crippen LogP contribution in [0.1, 0.15) is 22.3 Å². The first-order chi connectivity index (χ1) is 19.7. The molecule has 2 unspecified atom stereocenters. The quantitative estimate of drug-likeness (QED) is 0.147. The molecule has 0 amide bonds. The van der Waals surface area contributed by atoms with E-state index in [1.807, 2.05) is 0 Å². The Morgan fingerprint density at radius 3 is 1.76 bits per heavy atom. The fourth-order valence-electron chi connectivity index (χ4n) is 5.21. The summed E-state index contributed by atoms with van der Waals surface area (Å²) in [4.78, 5) is 0.